The van der Waals surface area contributed by atoms with Crippen LogP contribution in [0.2, 0.25) is 0 Å². The number of unbranched alkanes of at least 4 members (excludes halogenated alkanes) is 2. The number of aliphatic carboxylic acids is 1. The highest BCUT2D eigenvalue weighted by Gasteiger charge is 2.08. The maximum absolute atomic E-state index is 10.9. The molecule has 0 saturated heterocycles. The summed E-state index contributed by atoms with van der Waals surface area (Å²) in [5.74, 6) is -1.28. The van der Waals surface area contributed by atoms with Crippen molar-refractivity contribution in [2.75, 3.05) is 0 Å². The van der Waals surface area contributed by atoms with E-state index in [-0.39, 0.29) is 12.1 Å². The molecule has 0 bridgehead atoms. The largest absolute Gasteiger partial charge is 0.478 e. The highest BCUT2D eigenvalue weighted by molar-refractivity contribution is 5.81. The van der Waals surface area contributed by atoms with Crippen molar-refractivity contribution in [3.63, 3.8) is 0 Å². The quantitative estimate of drug-likeness (QED) is 0.411. The lowest BCUT2D eigenvalue weighted by atomic mass is 10.1. The number of carboxylic acids is 1. The maximum atomic E-state index is 10.9. The van der Waals surface area contributed by atoms with Crippen molar-refractivity contribution in [1.82, 2.24) is 0 Å². The van der Waals surface area contributed by atoms with Gasteiger partial charge in [-0.1, -0.05) is 39.8 Å². The Morgan fingerprint density at radius 3 is 2.11 bits per heavy atom. The van der Waals surface area contributed by atoms with E-state index in [0.717, 1.165) is 25.3 Å². The fourth-order valence-electron chi connectivity index (χ4n) is 1.18. The van der Waals surface area contributed by atoms with Crippen molar-refractivity contribution in [3.8, 4) is 0 Å². The van der Waals surface area contributed by atoms with E-state index in [1.807, 2.05) is 6.92 Å². The zero-order valence-electron chi connectivity index (χ0n) is 11.4. The van der Waals surface area contributed by atoms with Crippen LogP contribution in [0.3, 0.4) is 0 Å². The minimum Gasteiger partial charge on any atom is -0.478 e. The molecule has 0 aliphatic heterocycles. The summed E-state index contributed by atoms with van der Waals surface area (Å²) in [4.78, 5) is 20.1. The van der Waals surface area contributed by atoms with Crippen LogP contribution in [0.4, 0.5) is 0 Å². The van der Waals surface area contributed by atoms with E-state index in [0.29, 0.717) is 0 Å². The molecule has 0 fully saturated rings. The Morgan fingerprint density at radius 1 is 1.22 bits per heavy atom. The normalized spacial score (nSPS) is 10.6. The summed E-state index contributed by atoms with van der Waals surface area (Å²) in [6, 6.07) is 0. The van der Waals surface area contributed by atoms with Crippen LogP contribution in [-0.4, -0.2) is 23.1 Å². The molecule has 4 heteroatoms. The molecule has 0 amide bonds. The lowest BCUT2D eigenvalue weighted by Crippen LogP contribution is -2.15. The first-order valence-electron chi connectivity index (χ1n) is 6.20. The summed E-state index contributed by atoms with van der Waals surface area (Å²) in [7, 11) is 0. The first-order chi connectivity index (χ1) is 8.51. The third-order valence-corrected chi connectivity index (χ3v) is 2.21. The molecule has 0 aliphatic carbocycles. The van der Waals surface area contributed by atoms with Crippen LogP contribution in [0.15, 0.2) is 25.3 Å². The van der Waals surface area contributed by atoms with E-state index in [9.17, 15) is 9.59 Å². The summed E-state index contributed by atoms with van der Waals surface area (Å²) >= 11 is 0. The van der Waals surface area contributed by atoms with Gasteiger partial charge in [-0.15, -0.1) is 0 Å². The first-order valence-corrected chi connectivity index (χ1v) is 6.20. The minimum absolute atomic E-state index is 0.0806. The summed E-state index contributed by atoms with van der Waals surface area (Å²) in [5, 5.41) is 7.60. The Hall–Kier alpha value is -1.58. The van der Waals surface area contributed by atoms with Crippen LogP contribution < -0.4 is 0 Å². The molecule has 104 valence electrons. The number of carbonyl (C=O) groups is 2. The summed E-state index contributed by atoms with van der Waals surface area (Å²) in [5.41, 5.74) is 0. The lowest BCUT2D eigenvalue weighted by molar-refractivity contribution is -0.143. The summed E-state index contributed by atoms with van der Waals surface area (Å²) in [6.07, 6.45) is 7.56. The Morgan fingerprint density at radius 2 is 1.78 bits per heavy atom. The molecule has 0 heterocycles. The van der Waals surface area contributed by atoms with Crippen LogP contribution in [0.5, 0.6) is 0 Å². The molecule has 0 rings (SSSR count). The second kappa shape index (κ2) is 13.5. The van der Waals surface area contributed by atoms with Crippen molar-refractivity contribution in [1.29, 1.82) is 0 Å². The number of carbonyl (C=O) groups excluding carboxylic acids is 1. The van der Waals surface area contributed by atoms with Gasteiger partial charge >= 0.3 is 11.9 Å². The Balaban J connectivity index is 0. The van der Waals surface area contributed by atoms with Gasteiger partial charge in [0.1, 0.15) is 6.10 Å². The SMILES string of the molecule is C=CC(=O)O.C=CC(=O)OC(CC)CCCCC. The molecule has 1 atom stereocenters. The van der Waals surface area contributed by atoms with Crippen LogP contribution in [0, 0.1) is 0 Å². The second-order valence-electron chi connectivity index (χ2n) is 3.71. The molecule has 0 aromatic carbocycles. The van der Waals surface area contributed by atoms with Crippen molar-refractivity contribution in [2.24, 2.45) is 0 Å². The van der Waals surface area contributed by atoms with Crippen LogP contribution in [0.25, 0.3) is 0 Å². The standard InChI is InChI=1S/C11H20O2.C3H4O2/c1-4-7-8-9-10(5-2)13-11(12)6-3;1-2-3(4)5/h6,10H,3-5,7-9H2,1-2H3;2H,1H2,(H,4,5). The van der Waals surface area contributed by atoms with Gasteiger partial charge in [-0.2, -0.15) is 0 Å². The molecule has 1 N–H and O–H groups in total. The van der Waals surface area contributed by atoms with E-state index >= 15 is 0 Å². The fourth-order valence-corrected chi connectivity index (χ4v) is 1.18. The van der Waals surface area contributed by atoms with Gasteiger partial charge in [0.15, 0.2) is 0 Å². The predicted octanol–water partition coefficient (Wildman–Crippen LogP) is 3.33. The molecule has 0 saturated carbocycles. The first kappa shape index (κ1) is 18.8. The van der Waals surface area contributed by atoms with E-state index in [1.165, 1.54) is 18.9 Å². The monoisotopic (exact) mass is 256 g/mol. The van der Waals surface area contributed by atoms with Crippen LogP contribution in [-0.2, 0) is 14.3 Å². The van der Waals surface area contributed by atoms with Crippen molar-refractivity contribution < 1.29 is 19.4 Å². The van der Waals surface area contributed by atoms with Crippen molar-refractivity contribution in [3.05, 3.63) is 25.3 Å². The van der Waals surface area contributed by atoms with Gasteiger partial charge in [0, 0.05) is 12.2 Å². The zero-order chi connectivity index (χ0) is 14.4. The lowest BCUT2D eigenvalue weighted by Gasteiger charge is -2.14. The van der Waals surface area contributed by atoms with E-state index in [4.69, 9.17) is 9.84 Å². The number of hydrogen-bond acceptors (Lipinski definition) is 3. The van der Waals surface area contributed by atoms with Gasteiger partial charge < -0.3 is 9.84 Å². The van der Waals surface area contributed by atoms with Crippen LogP contribution in [0.1, 0.15) is 46.0 Å². The highest BCUT2D eigenvalue weighted by Crippen LogP contribution is 2.10. The molecule has 4 nitrogen and oxygen atoms in total. The van der Waals surface area contributed by atoms with Gasteiger partial charge in [-0.05, 0) is 19.3 Å². The van der Waals surface area contributed by atoms with Gasteiger partial charge in [0.25, 0.3) is 0 Å². The van der Waals surface area contributed by atoms with E-state index < -0.39 is 5.97 Å². The molecule has 0 aromatic rings. The minimum atomic E-state index is -0.981. The van der Waals surface area contributed by atoms with Gasteiger partial charge in [-0.3, -0.25) is 0 Å². The predicted molar refractivity (Wildman–Crippen MR) is 72.3 cm³/mol. The smallest absolute Gasteiger partial charge is 0.330 e. The molecular weight excluding hydrogens is 232 g/mol. The fraction of sp³-hybridized carbons (Fsp3) is 0.571. The number of carboxylic acid groups (broad SMARTS) is 1. The maximum Gasteiger partial charge on any atom is 0.330 e. The Kier molecular flexibility index (Phi) is 14.1. The topological polar surface area (TPSA) is 63.6 Å². The average Bonchev–Trinajstić information content (AvgIpc) is 2.38. The van der Waals surface area contributed by atoms with E-state index in [1.54, 1.807) is 0 Å². The molecule has 18 heavy (non-hydrogen) atoms. The number of rotatable bonds is 8. The third kappa shape index (κ3) is 14.4. The molecular formula is C14H24O4. The summed E-state index contributed by atoms with van der Waals surface area (Å²) in [6.45, 7) is 10.5. The van der Waals surface area contributed by atoms with Gasteiger partial charge in [0.2, 0.25) is 0 Å². The Labute approximate surface area is 109 Å². The second-order valence-corrected chi connectivity index (χ2v) is 3.71. The molecule has 0 aromatic heterocycles. The highest BCUT2D eigenvalue weighted by atomic mass is 16.5. The van der Waals surface area contributed by atoms with Crippen molar-refractivity contribution >= 4 is 11.9 Å². The number of esters is 1. The number of ether oxygens (including phenoxy) is 1. The average molecular weight is 256 g/mol. The van der Waals surface area contributed by atoms with Gasteiger partial charge in [-0.25, -0.2) is 9.59 Å². The van der Waals surface area contributed by atoms with E-state index in [2.05, 4.69) is 20.1 Å². The number of hydrogen-bond donors (Lipinski definition) is 1. The zero-order valence-corrected chi connectivity index (χ0v) is 11.4. The van der Waals surface area contributed by atoms with Gasteiger partial charge in [0.05, 0.1) is 0 Å². The van der Waals surface area contributed by atoms with Crippen molar-refractivity contribution in [2.45, 2.75) is 52.1 Å². The molecule has 0 radical (unpaired) electrons. The summed E-state index contributed by atoms with van der Waals surface area (Å²) < 4.78 is 5.14. The third-order valence-electron chi connectivity index (χ3n) is 2.21. The molecule has 0 aliphatic rings. The Bertz CT molecular complexity index is 259. The molecule has 1 unspecified atom stereocenters. The van der Waals surface area contributed by atoms with Crippen LogP contribution >= 0.6 is 0 Å². The molecule has 0 spiro atoms.